The molecule has 0 aliphatic rings. The molecule has 0 bridgehead atoms. The van der Waals surface area contributed by atoms with E-state index in [2.05, 4.69) is 38.1 Å². The molecular formula is C29H57NO2. The highest BCUT2D eigenvalue weighted by Crippen LogP contribution is 2.20. The van der Waals surface area contributed by atoms with E-state index in [1.54, 1.807) is 0 Å². The molecule has 0 spiro atoms. The van der Waals surface area contributed by atoms with Crippen LogP contribution in [0.5, 0.6) is 0 Å². The second-order valence-electron chi connectivity index (χ2n) is 10.2. The number of rotatable bonds is 25. The zero-order chi connectivity index (χ0) is 23.7. The van der Waals surface area contributed by atoms with Gasteiger partial charge in [0.1, 0.15) is 0 Å². The van der Waals surface area contributed by atoms with Crippen LogP contribution in [0.4, 0.5) is 0 Å². The molecule has 0 radical (unpaired) electrons. The van der Waals surface area contributed by atoms with E-state index >= 15 is 0 Å². The fourth-order valence-corrected chi connectivity index (χ4v) is 4.59. The zero-order valence-corrected chi connectivity index (χ0v) is 22.1. The number of hydrogen-bond donors (Lipinski definition) is 1. The Bertz CT molecular complexity index is 419. The van der Waals surface area contributed by atoms with Gasteiger partial charge in [-0.2, -0.15) is 0 Å². The number of nitrogens with zero attached hydrogens (tertiary/aromatic N) is 1. The van der Waals surface area contributed by atoms with Crippen molar-refractivity contribution >= 4 is 5.97 Å². The lowest BCUT2D eigenvalue weighted by atomic mass is 9.93. The monoisotopic (exact) mass is 451 g/mol. The van der Waals surface area contributed by atoms with Gasteiger partial charge in [-0.3, -0.25) is 4.79 Å². The van der Waals surface area contributed by atoms with E-state index in [9.17, 15) is 4.79 Å². The van der Waals surface area contributed by atoms with Crippen LogP contribution in [0.15, 0.2) is 12.2 Å². The molecule has 0 fully saturated rings. The standard InChI is InChI=1S/C29H57NO2/c1-4-5-6-18-21-24-28(27-30(2)3)25-22-19-16-14-12-10-8-7-9-11-13-15-17-20-23-26-29(31)32/h7,9,28H,4-6,8,10-27H2,1-3H3,(H,31,32)/b9-7-. The highest BCUT2D eigenvalue weighted by atomic mass is 16.4. The Morgan fingerprint density at radius 1 is 0.688 bits per heavy atom. The van der Waals surface area contributed by atoms with Crippen molar-refractivity contribution in [2.24, 2.45) is 5.92 Å². The van der Waals surface area contributed by atoms with Gasteiger partial charge in [0.2, 0.25) is 0 Å². The van der Waals surface area contributed by atoms with Crippen LogP contribution < -0.4 is 0 Å². The van der Waals surface area contributed by atoms with Gasteiger partial charge < -0.3 is 10.0 Å². The molecule has 32 heavy (non-hydrogen) atoms. The fourth-order valence-electron chi connectivity index (χ4n) is 4.59. The first-order valence-corrected chi connectivity index (χ1v) is 14.1. The van der Waals surface area contributed by atoms with Gasteiger partial charge in [-0.25, -0.2) is 0 Å². The van der Waals surface area contributed by atoms with Crippen LogP contribution in [0.3, 0.4) is 0 Å². The Kier molecular flexibility index (Phi) is 24.2. The normalized spacial score (nSPS) is 12.8. The van der Waals surface area contributed by atoms with E-state index in [-0.39, 0.29) is 0 Å². The second kappa shape index (κ2) is 24.8. The molecule has 0 aliphatic heterocycles. The van der Waals surface area contributed by atoms with Crippen LogP contribution in [0.1, 0.15) is 142 Å². The molecule has 1 atom stereocenters. The van der Waals surface area contributed by atoms with E-state index in [0.717, 1.165) is 18.8 Å². The van der Waals surface area contributed by atoms with Gasteiger partial charge in [0.15, 0.2) is 0 Å². The predicted octanol–water partition coefficient (Wildman–Crippen LogP) is 9.02. The Hall–Kier alpha value is -0.830. The van der Waals surface area contributed by atoms with Crippen molar-refractivity contribution < 1.29 is 9.90 Å². The van der Waals surface area contributed by atoms with Gasteiger partial charge in [0.25, 0.3) is 0 Å². The molecule has 190 valence electrons. The summed E-state index contributed by atoms with van der Waals surface area (Å²) in [6.07, 6.45) is 31.3. The molecule has 0 heterocycles. The van der Waals surface area contributed by atoms with Gasteiger partial charge >= 0.3 is 5.97 Å². The van der Waals surface area contributed by atoms with Crippen LogP contribution in [0.25, 0.3) is 0 Å². The topological polar surface area (TPSA) is 40.5 Å². The molecule has 0 rings (SSSR count). The summed E-state index contributed by atoms with van der Waals surface area (Å²) in [6, 6.07) is 0. The number of aliphatic carboxylic acids is 1. The average Bonchev–Trinajstić information content (AvgIpc) is 2.74. The summed E-state index contributed by atoms with van der Waals surface area (Å²) >= 11 is 0. The quantitative estimate of drug-likeness (QED) is 0.111. The number of carboxylic acid groups (broad SMARTS) is 1. The molecule has 0 aromatic carbocycles. The number of carbonyl (C=O) groups is 1. The predicted molar refractivity (Wildman–Crippen MR) is 141 cm³/mol. The first-order chi connectivity index (χ1) is 15.6. The Morgan fingerprint density at radius 2 is 1.12 bits per heavy atom. The first kappa shape index (κ1) is 31.2. The van der Waals surface area contributed by atoms with Gasteiger partial charge in [-0.05, 0) is 65.0 Å². The minimum absolute atomic E-state index is 0.329. The Balaban J connectivity index is 3.47. The smallest absolute Gasteiger partial charge is 0.303 e. The molecule has 1 N–H and O–H groups in total. The lowest BCUT2D eigenvalue weighted by Gasteiger charge is -2.21. The van der Waals surface area contributed by atoms with Crippen molar-refractivity contribution in [2.75, 3.05) is 20.6 Å². The summed E-state index contributed by atoms with van der Waals surface area (Å²) in [5, 5.41) is 8.61. The maximum Gasteiger partial charge on any atom is 0.303 e. The van der Waals surface area contributed by atoms with E-state index in [4.69, 9.17) is 5.11 Å². The molecule has 3 nitrogen and oxygen atoms in total. The van der Waals surface area contributed by atoms with Crippen molar-refractivity contribution in [3.8, 4) is 0 Å². The van der Waals surface area contributed by atoms with E-state index < -0.39 is 5.97 Å². The number of hydrogen-bond acceptors (Lipinski definition) is 2. The molecule has 0 aliphatic carbocycles. The maximum absolute atomic E-state index is 10.4. The van der Waals surface area contributed by atoms with Crippen LogP contribution in [0, 0.1) is 5.92 Å². The largest absolute Gasteiger partial charge is 0.481 e. The van der Waals surface area contributed by atoms with Crippen molar-refractivity contribution in [3.63, 3.8) is 0 Å². The number of unbranched alkanes of at least 4 members (excludes halogenated alkanes) is 15. The highest BCUT2D eigenvalue weighted by molar-refractivity contribution is 5.66. The van der Waals surface area contributed by atoms with Gasteiger partial charge in [-0.15, -0.1) is 0 Å². The molecule has 3 heteroatoms. The first-order valence-electron chi connectivity index (χ1n) is 14.1. The van der Waals surface area contributed by atoms with Crippen LogP contribution in [0.2, 0.25) is 0 Å². The summed E-state index contributed by atoms with van der Waals surface area (Å²) in [4.78, 5) is 12.8. The summed E-state index contributed by atoms with van der Waals surface area (Å²) in [5.41, 5.74) is 0. The molecule has 0 amide bonds. The Labute approximate surface area is 201 Å². The molecule has 1 unspecified atom stereocenters. The van der Waals surface area contributed by atoms with Crippen LogP contribution in [-0.4, -0.2) is 36.6 Å². The third-order valence-corrected chi connectivity index (χ3v) is 6.50. The third kappa shape index (κ3) is 25.4. The number of allylic oxidation sites excluding steroid dienone is 2. The van der Waals surface area contributed by atoms with Gasteiger partial charge in [0, 0.05) is 13.0 Å². The third-order valence-electron chi connectivity index (χ3n) is 6.50. The van der Waals surface area contributed by atoms with E-state index in [0.29, 0.717) is 6.42 Å². The van der Waals surface area contributed by atoms with Crippen molar-refractivity contribution in [2.45, 2.75) is 142 Å². The summed E-state index contributed by atoms with van der Waals surface area (Å²) < 4.78 is 0. The summed E-state index contributed by atoms with van der Waals surface area (Å²) in [6.45, 7) is 3.57. The van der Waals surface area contributed by atoms with Gasteiger partial charge in [0.05, 0.1) is 0 Å². The van der Waals surface area contributed by atoms with Crippen LogP contribution in [-0.2, 0) is 4.79 Å². The molecule has 0 saturated carbocycles. The van der Waals surface area contributed by atoms with E-state index in [1.807, 2.05) is 0 Å². The highest BCUT2D eigenvalue weighted by Gasteiger charge is 2.09. The van der Waals surface area contributed by atoms with Crippen molar-refractivity contribution in [3.05, 3.63) is 12.2 Å². The van der Waals surface area contributed by atoms with Crippen molar-refractivity contribution in [1.82, 2.24) is 4.90 Å². The Morgan fingerprint density at radius 3 is 1.59 bits per heavy atom. The zero-order valence-electron chi connectivity index (χ0n) is 22.1. The lowest BCUT2D eigenvalue weighted by Crippen LogP contribution is -2.21. The molecular weight excluding hydrogens is 394 g/mol. The number of carboxylic acids is 1. The minimum Gasteiger partial charge on any atom is -0.481 e. The SMILES string of the molecule is CCCCCCCC(CCCCCCCC/C=C\CCCCCCCC(=O)O)CN(C)C. The van der Waals surface area contributed by atoms with Gasteiger partial charge in [-0.1, -0.05) is 103 Å². The second-order valence-corrected chi connectivity index (χ2v) is 10.2. The molecule has 0 saturated heterocycles. The maximum atomic E-state index is 10.4. The lowest BCUT2D eigenvalue weighted by molar-refractivity contribution is -0.137. The summed E-state index contributed by atoms with van der Waals surface area (Å²) in [5.74, 6) is 0.242. The molecule has 0 aromatic rings. The average molecular weight is 452 g/mol. The van der Waals surface area contributed by atoms with E-state index in [1.165, 1.54) is 122 Å². The van der Waals surface area contributed by atoms with Crippen molar-refractivity contribution in [1.29, 1.82) is 0 Å². The fraction of sp³-hybridized carbons (Fsp3) is 0.897. The minimum atomic E-state index is -0.662. The van der Waals surface area contributed by atoms with Crippen LogP contribution >= 0.6 is 0 Å². The molecule has 0 aromatic heterocycles. The summed E-state index contributed by atoms with van der Waals surface area (Å²) in [7, 11) is 4.45.